The van der Waals surface area contributed by atoms with Crippen LogP contribution in [0.3, 0.4) is 0 Å². The molecule has 0 bridgehead atoms. The Morgan fingerprint density at radius 2 is 2.27 bits per heavy atom. The molecule has 9 nitrogen and oxygen atoms in total. The molecule has 0 aliphatic heterocycles. The van der Waals surface area contributed by atoms with E-state index in [9.17, 15) is 18.9 Å². The molecule has 5 N–H and O–H groups in total. The van der Waals surface area contributed by atoms with Crippen molar-refractivity contribution in [3.63, 3.8) is 0 Å². The zero-order chi connectivity index (χ0) is 16.7. The second-order valence-electron chi connectivity index (χ2n) is 5.39. The SMILES string of the molecule is C[C@@]1(F)C(O)[C@@H](OCP(=O)(O)O)C[C@H]1n1ccc(N)nc1=O. The van der Waals surface area contributed by atoms with Gasteiger partial charge in [-0.25, -0.2) is 9.18 Å². The minimum absolute atomic E-state index is 0.0188. The van der Waals surface area contributed by atoms with Crippen LogP contribution in [0.5, 0.6) is 0 Å². The van der Waals surface area contributed by atoms with Crippen LogP contribution in [-0.2, 0) is 9.30 Å². The Labute approximate surface area is 124 Å². The summed E-state index contributed by atoms with van der Waals surface area (Å²) in [6.07, 6.45) is -2.62. The molecule has 124 valence electrons. The maximum Gasteiger partial charge on any atom is 0.350 e. The maximum absolute atomic E-state index is 14.8. The predicted octanol–water partition coefficient (Wildman–Crippen LogP) is -0.620. The molecule has 1 aromatic rings. The standard InChI is InChI=1S/C11H17FN3O6P/c1-11(12)7(15-3-2-8(13)14-10(15)17)4-6(9(11)16)21-5-22(18,19)20/h2-3,6-7,9,16H,4-5H2,1H3,(H2,13,14,17)(H2,18,19,20)/t6-,7+,9?,11-/m0/s1. The quantitative estimate of drug-likeness (QED) is 0.531. The number of aliphatic hydroxyl groups is 1. The Balaban J connectivity index is 2.26. The lowest BCUT2D eigenvalue weighted by Gasteiger charge is -2.27. The summed E-state index contributed by atoms with van der Waals surface area (Å²) >= 11 is 0. The summed E-state index contributed by atoms with van der Waals surface area (Å²) in [4.78, 5) is 32.9. The normalized spacial score (nSPS) is 32.3. The van der Waals surface area contributed by atoms with Crippen molar-refractivity contribution in [2.45, 2.75) is 37.3 Å². The van der Waals surface area contributed by atoms with E-state index < -0.39 is 43.6 Å². The van der Waals surface area contributed by atoms with Crippen LogP contribution in [0, 0.1) is 0 Å². The van der Waals surface area contributed by atoms with Gasteiger partial charge in [0.25, 0.3) is 0 Å². The Morgan fingerprint density at radius 1 is 1.64 bits per heavy atom. The van der Waals surface area contributed by atoms with Crippen molar-refractivity contribution >= 4 is 13.4 Å². The lowest BCUT2D eigenvalue weighted by atomic mass is 10.0. The van der Waals surface area contributed by atoms with E-state index in [0.29, 0.717) is 0 Å². The zero-order valence-electron chi connectivity index (χ0n) is 11.7. The van der Waals surface area contributed by atoms with Crippen molar-refractivity contribution in [2.24, 2.45) is 0 Å². The fourth-order valence-corrected chi connectivity index (χ4v) is 2.93. The molecule has 11 heteroatoms. The van der Waals surface area contributed by atoms with E-state index in [2.05, 4.69) is 4.98 Å². The number of halogens is 1. The van der Waals surface area contributed by atoms with Gasteiger partial charge in [0.05, 0.1) is 12.1 Å². The summed E-state index contributed by atoms with van der Waals surface area (Å²) < 4.78 is 31.5. The average Bonchev–Trinajstić information content (AvgIpc) is 2.59. The van der Waals surface area contributed by atoms with Gasteiger partial charge in [0.1, 0.15) is 18.3 Å². The average molecular weight is 337 g/mol. The molecule has 0 radical (unpaired) electrons. The van der Waals surface area contributed by atoms with Crippen LogP contribution in [0.25, 0.3) is 0 Å². The fraction of sp³-hybridized carbons (Fsp3) is 0.636. The smallest absolute Gasteiger partial charge is 0.350 e. The Hall–Kier alpha value is -1.32. The molecule has 1 saturated carbocycles. The summed E-state index contributed by atoms with van der Waals surface area (Å²) in [5.41, 5.74) is 2.35. The van der Waals surface area contributed by atoms with Gasteiger partial charge in [0.15, 0.2) is 5.67 Å². The Bertz CT molecular complexity index is 659. The van der Waals surface area contributed by atoms with Crippen LogP contribution in [-0.4, -0.2) is 48.7 Å². The monoisotopic (exact) mass is 337 g/mol. The number of nitrogens with zero attached hydrogens (tertiary/aromatic N) is 2. The van der Waals surface area contributed by atoms with E-state index in [1.54, 1.807) is 0 Å². The van der Waals surface area contributed by atoms with Crippen molar-refractivity contribution in [3.8, 4) is 0 Å². The number of hydrogen-bond donors (Lipinski definition) is 4. The maximum atomic E-state index is 14.8. The Morgan fingerprint density at radius 3 is 2.82 bits per heavy atom. The van der Waals surface area contributed by atoms with Crippen molar-refractivity contribution in [1.29, 1.82) is 0 Å². The van der Waals surface area contributed by atoms with E-state index in [4.69, 9.17) is 20.3 Å². The number of alkyl halides is 1. The third kappa shape index (κ3) is 3.36. The van der Waals surface area contributed by atoms with E-state index in [1.807, 2.05) is 0 Å². The largest absolute Gasteiger partial charge is 0.387 e. The highest BCUT2D eigenvalue weighted by atomic mass is 31.2. The number of hydrogen-bond acceptors (Lipinski definition) is 6. The summed E-state index contributed by atoms with van der Waals surface area (Å²) in [6, 6.07) is 0.220. The lowest BCUT2D eigenvalue weighted by Crippen LogP contribution is -2.42. The number of aromatic nitrogens is 2. The van der Waals surface area contributed by atoms with E-state index in [-0.39, 0.29) is 12.2 Å². The molecule has 2 rings (SSSR count). The number of anilines is 1. The van der Waals surface area contributed by atoms with Gasteiger partial charge in [-0.3, -0.25) is 9.13 Å². The molecule has 0 spiro atoms. The van der Waals surface area contributed by atoms with E-state index >= 15 is 0 Å². The molecule has 1 fully saturated rings. The summed E-state index contributed by atoms with van der Waals surface area (Å²) in [6.45, 7) is 1.09. The molecule has 0 aromatic carbocycles. The van der Waals surface area contributed by atoms with Crippen molar-refractivity contribution < 1.29 is 28.6 Å². The molecule has 22 heavy (non-hydrogen) atoms. The van der Waals surface area contributed by atoms with E-state index in [1.165, 1.54) is 12.3 Å². The number of nitrogens with two attached hydrogens (primary N) is 1. The predicted molar refractivity (Wildman–Crippen MR) is 73.9 cm³/mol. The first-order chi connectivity index (χ1) is 10.0. The third-order valence-electron chi connectivity index (χ3n) is 3.68. The Kier molecular flexibility index (Phi) is 4.42. The first-order valence-electron chi connectivity index (χ1n) is 6.40. The van der Waals surface area contributed by atoms with Crippen LogP contribution in [0.15, 0.2) is 17.1 Å². The van der Waals surface area contributed by atoms with Crippen LogP contribution in [0.4, 0.5) is 10.2 Å². The van der Waals surface area contributed by atoms with Crippen LogP contribution < -0.4 is 11.4 Å². The molecule has 1 heterocycles. The van der Waals surface area contributed by atoms with E-state index in [0.717, 1.165) is 11.5 Å². The topological polar surface area (TPSA) is 148 Å². The van der Waals surface area contributed by atoms with Gasteiger partial charge in [-0.05, 0) is 13.0 Å². The number of aliphatic hydroxyl groups excluding tert-OH is 1. The highest BCUT2D eigenvalue weighted by molar-refractivity contribution is 7.51. The minimum atomic E-state index is -4.45. The number of rotatable bonds is 4. The van der Waals surface area contributed by atoms with Crippen molar-refractivity contribution in [2.75, 3.05) is 12.1 Å². The molecule has 4 atom stereocenters. The van der Waals surface area contributed by atoms with Gasteiger partial charge in [-0.1, -0.05) is 0 Å². The second-order valence-corrected chi connectivity index (χ2v) is 6.98. The molecular formula is C11H17FN3O6P. The van der Waals surface area contributed by atoms with Crippen molar-refractivity contribution in [3.05, 3.63) is 22.7 Å². The lowest BCUT2D eigenvalue weighted by molar-refractivity contribution is -0.0601. The van der Waals surface area contributed by atoms with Gasteiger partial charge in [-0.2, -0.15) is 4.98 Å². The van der Waals surface area contributed by atoms with Crippen LogP contribution in [0.2, 0.25) is 0 Å². The first-order valence-corrected chi connectivity index (χ1v) is 8.20. The molecular weight excluding hydrogens is 320 g/mol. The fourth-order valence-electron chi connectivity index (χ4n) is 2.54. The first kappa shape index (κ1) is 17.0. The highest BCUT2D eigenvalue weighted by Crippen LogP contribution is 2.45. The highest BCUT2D eigenvalue weighted by Gasteiger charge is 2.54. The molecule has 1 aliphatic carbocycles. The number of nitrogen functional groups attached to an aromatic ring is 1. The zero-order valence-corrected chi connectivity index (χ0v) is 12.6. The minimum Gasteiger partial charge on any atom is -0.387 e. The van der Waals surface area contributed by atoms with Crippen LogP contribution in [0.1, 0.15) is 19.4 Å². The van der Waals surface area contributed by atoms with Gasteiger partial charge in [0.2, 0.25) is 0 Å². The molecule has 1 unspecified atom stereocenters. The molecule has 0 amide bonds. The summed E-state index contributed by atoms with van der Waals surface area (Å²) in [5.74, 6) is -0.0188. The second kappa shape index (κ2) is 5.71. The van der Waals surface area contributed by atoms with Crippen molar-refractivity contribution in [1.82, 2.24) is 9.55 Å². The molecule has 0 saturated heterocycles. The molecule has 1 aliphatic rings. The number of ether oxygens (including phenoxy) is 1. The van der Waals surface area contributed by atoms with Gasteiger partial charge >= 0.3 is 13.3 Å². The molecule has 1 aromatic heterocycles. The van der Waals surface area contributed by atoms with Gasteiger partial charge in [0, 0.05) is 12.6 Å². The summed E-state index contributed by atoms with van der Waals surface area (Å²) in [7, 11) is -4.45. The third-order valence-corrected chi connectivity index (χ3v) is 4.17. The van der Waals surface area contributed by atoms with Gasteiger partial charge in [-0.15, -0.1) is 0 Å². The summed E-state index contributed by atoms with van der Waals surface area (Å²) in [5, 5.41) is 9.98. The van der Waals surface area contributed by atoms with Gasteiger partial charge < -0.3 is 25.4 Å². The van der Waals surface area contributed by atoms with Crippen LogP contribution >= 0.6 is 7.60 Å².